The van der Waals surface area contributed by atoms with E-state index in [0.29, 0.717) is 6.54 Å². The molecular weight excluding hydrogens is 170 g/mol. The molecule has 72 valence electrons. The van der Waals surface area contributed by atoms with Crippen molar-refractivity contribution in [1.82, 2.24) is 20.3 Å². The molecule has 1 aromatic heterocycles. The number of nitrogens with two attached hydrogens (primary N) is 1. The van der Waals surface area contributed by atoms with Crippen LogP contribution >= 0.6 is 0 Å². The molecule has 1 unspecified atom stereocenters. The predicted octanol–water partition coefficient (Wildman–Crippen LogP) is -1.22. The number of primary amides is 1. The molecule has 1 amide bonds. The van der Waals surface area contributed by atoms with Gasteiger partial charge in [0.2, 0.25) is 5.91 Å². The fourth-order valence-electron chi connectivity index (χ4n) is 0.829. The van der Waals surface area contributed by atoms with Crippen LogP contribution in [-0.2, 0) is 18.4 Å². The number of aromatic nitrogens is 3. The monoisotopic (exact) mass is 183 g/mol. The van der Waals surface area contributed by atoms with Gasteiger partial charge in [0.1, 0.15) is 0 Å². The minimum absolute atomic E-state index is 0.338. The van der Waals surface area contributed by atoms with Gasteiger partial charge >= 0.3 is 0 Å². The summed E-state index contributed by atoms with van der Waals surface area (Å²) in [5.74, 6) is -0.366. The van der Waals surface area contributed by atoms with Gasteiger partial charge in [0.15, 0.2) is 0 Å². The van der Waals surface area contributed by atoms with Crippen LogP contribution < -0.4 is 11.1 Å². The first-order chi connectivity index (χ1) is 6.11. The number of carbonyl (C=O) groups is 1. The second kappa shape index (κ2) is 3.99. The van der Waals surface area contributed by atoms with Gasteiger partial charge in [0.25, 0.3) is 0 Å². The maximum Gasteiger partial charge on any atom is 0.234 e. The second-order valence-electron chi connectivity index (χ2n) is 2.85. The highest BCUT2D eigenvalue weighted by atomic mass is 16.1. The van der Waals surface area contributed by atoms with Crippen molar-refractivity contribution in [1.29, 1.82) is 0 Å². The molecule has 1 aromatic rings. The Morgan fingerprint density at radius 2 is 2.54 bits per heavy atom. The van der Waals surface area contributed by atoms with Crippen molar-refractivity contribution in [2.75, 3.05) is 0 Å². The van der Waals surface area contributed by atoms with E-state index in [1.165, 1.54) is 0 Å². The maximum atomic E-state index is 10.7. The van der Waals surface area contributed by atoms with E-state index < -0.39 is 0 Å². The highest BCUT2D eigenvalue weighted by Crippen LogP contribution is 1.93. The van der Waals surface area contributed by atoms with Crippen LogP contribution in [0.25, 0.3) is 0 Å². The molecule has 0 saturated heterocycles. The van der Waals surface area contributed by atoms with Gasteiger partial charge in [0.05, 0.1) is 17.9 Å². The van der Waals surface area contributed by atoms with Gasteiger partial charge in [-0.2, -0.15) is 0 Å². The Labute approximate surface area is 76.1 Å². The lowest BCUT2D eigenvalue weighted by Crippen LogP contribution is -2.38. The van der Waals surface area contributed by atoms with Gasteiger partial charge in [-0.3, -0.25) is 9.48 Å². The molecule has 0 radical (unpaired) electrons. The van der Waals surface area contributed by atoms with Crippen molar-refractivity contribution < 1.29 is 4.79 Å². The number of rotatable bonds is 4. The number of hydrogen-bond acceptors (Lipinski definition) is 4. The summed E-state index contributed by atoms with van der Waals surface area (Å²) >= 11 is 0. The van der Waals surface area contributed by atoms with Crippen LogP contribution in [0.4, 0.5) is 0 Å². The van der Waals surface area contributed by atoms with Crippen molar-refractivity contribution in [3.05, 3.63) is 11.9 Å². The smallest absolute Gasteiger partial charge is 0.234 e. The first kappa shape index (κ1) is 9.66. The standard InChI is InChI=1S/C7H13N5O/c1-5(7(8)13)9-3-6-4-10-11-12(6)2/h4-5,9H,3H2,1-2H3,(H2,8,13). The molecule has 0 aliphatic heterocycles. The first-order valence-corrected chi connectivity index (χ1v) is 3.97. The molecule has 3 N–H and O–H groups in total. The van der Waals surface area contributed by atoms with Gasteiger partial charge in [-0.05, 0) is 6.92 Å². The number of nitrogens with one attached hydrogen (secondary N) is 1. The van der Waals surface area contributed by atoms with Crippen molar-refractivity contribution in [3.8, 4) is 0 Å². The zero-order valence-electron chi connectivity index (χ0n) is 7.69. The van der Waals surface area contributed by atoms with E-state index >= 15 is 0 Å². The number of hydrogen-bond donors (Lipinski definition) is 2. The summed E-state index contributed by atoms with van der Waals surface area (Å²) in [6, 6.07) is -0.338. The van der Waals surface area contributed by atoms with Crippen molar-refractivity contribution in [2.45, 2.75) is 19.5 Å². The zero-order valence-corrected chi connectivity index (χ0v) is 7.69. The number of aryl methyl sites for hydroxylation is 1. The molecule has 0 saturated carbocycles. The molecule has 1 heterocycles. The lowest BCUT2D eigenvalue weighted by Gasteiger charge is -2.08. The number of amides is 1. The third-order valence-electron chi connectivity index (χ3n) is 1.82. The summed E-state index contributed by atoms with van der Waals surface area (Å²) in [5, 5.41) is 10.4. The van der Waals surface area contributed by atoms with Crippen LogP contribution in [-0.4, -0.2) is 26.9 Å². The minimum atomic E-state index is -0.366. The Balaban J connectivity index is 2.44. The van der Waals surface area contributed by atoms with Gasteiger partial charge in [-0.1, -0.05) is 5.21 Å². The van der Waals surface area contributed by atoms with Crippen LogP contribution in [0.15, 0.2) is 6.20 Å². The highest BCUT2D eigenvalue weighted by molar-refractivity contribution is 5.79. The van der Waals surface area contributed by atoms with E-state index in [2.05, 4.69) is 15.6 Å². The molecule has 0 bridgehead atoms. The zero-order chi connectivity index (χ0) is 9.84. The van der Waals surface area contributed by atoms with E-state index in [1.54, 1.807) is 24.9 Å². The van der Waals surface area contributed by atoms with Gasteiger partial charge in [-0.25, -0.2) is 0 Å². The Morgan fingerprint density at radius 1 is 1.85 bits per heavy atom. The van der Waals surface area contributed by atoms with E-state index in [0.717, 1.165) is 5.69 Å². The predicted molar refractivity (Wildman–Crippen MR) is 46.5 cm³/mol. The molecule has 0 aliphatic rings. The SMILES string of the molecule is CC(NCc1cnnn1C)C(N)=O. The molecule has 0 spiro atoms. The number of nitrogens with zero attached hydrogens (tertiary/aromatic N) is 3. The molecule has 6 nitrogen and oxygen atoms in total. The van der Waals surface area contributed by atoms with Gasteiger partial charge in [0, 0.05) is 13.6 Å². The number of carbonyl (C=O) groups excluding carboxylic acids is 1. The lowest BCUT2D eigenvalue weighted by atomic mass is 10.3. The summed E-state index contributed by atoms with van der Waals surface area (Å²) in [6.45, 7) is 2.25. The van der Waals surface area contributed by atoms with E-state index in [1.807, 2.05) is 0 Å². The highest BCUT2D eigenvalue weighted by Gasteiger charge is 2.08. The largest absolute Gasteiger partial charge is 0.368 e. The quantitative estimate of drug-likeness (QED) is 0.612. The fourth-order valence-corrected chi connectivity index (χ4v) is 0.829. The Kier molecular flexibility index (Phi) is 2.97. The van der Waals surface area contributed by atoms with Crippen LogP contribution in [0.3, 0.4) is 0 Å². The molecule has 13 heavy (non-hydrogen) atoms. The van der Waals surface area contributed by atoms with E-state index in [4.69, 9.17) is 5.73 Å². The first-order valence-electron chi connectivity index (χ1n) is 3.97. The summed E-state index contributed by atoms with van der Waals surface area (Å²) < 4.78 is 1.64. The molecule has 1 rings (SSSR count). The fraction of sp³-hybridized carbons (Fsp3) is 0.571. The van der Waals surface area contributed by atoms with Crippen molar-refractivity contribution in [2.24, 2.45) is 12.8 Å². The third-order valence-corrected chi connectivity index (χ3v) is 1.82. The molecule has 0 aliphatic carbocycles. The summed E-state index contributed by atoms with van der Waals surface area (Å²) in [7, 11) is 1.79. The maximum absolute atomic E-state index is 10.7. The second-order valence-corrected chi connectivity index (χ2v) is 2.85. The molecule has 0 fully saturated rings. The topological polar surface area (TPSA) is 85.8 Å². The van der Waals surface area contributed by atoms with E-state index in [9.17, 15) is 4.79 Å². The summed E-state index contributed by atoms with van der Waals surface area (Å²) in [6.07, 6.45) is 1.64. The van der Waals surface area contributed by atoms with Gasteiger partial charge in [-0.15, -0.1) is 5.10 Å². The average molecular weight is 183 g/mol. The average Bonchev–Trinajstić information content (AvgIpc) is 2.47. The Hall–Kier alpha value is -1.43. The van der Waals surface area contributed by atoms with Crippen molar-refractivity contribution in [3.63, 3.8) is 0 Å². The third kappa shape index (κ3) is 2.51. The van der Waals surface area contributed by atoms with Crippen LogP contribution in [0, 0.1) is 0 Å². The Bertz CT molecular complexity index is 295. The van der Waals surface area contributed by atoms with Crippen LogP contribution in [0.1, 0.15) is 12.6 Å². The molecule has 1 atom stereocenters. The van der Waals surface area contributed by atoms with Crippen molar-refractivity contribution >= 4 is 5.91 Å². The lowest BCUT2D eigenvalue weighted by molar-refractivity contribution is -0.119. The molecule has 0 aromatic carbocycles. The van der Waals surface area contributed by atoms with Crippen LogP contribution in [0.2, 0.25) is 0 Å². The van der Waals surface area contributed by atoms with Crippen LogP contribution in [0.5, 0.6) is 0 Å². The normalized spacial score (nSPS) is 12.8. The minimum Gasteiger partial charge on any atom is -0.368 e. The van der Waals surface area contributed by atoms with Gasteiger partial charge < -0.3 is 11.1 Å². The molecule has 6 heteroatoms. The molecular formula is C7H13N5O. The summed E-state index contributed by atoms with van der Waals surface area (Å²) in [5.41, 5.74) is 5.98. The Morgan fingerprint density at radius 3 is 3.00 bits per heavy atom. The van der Waals surface area contributed by atoms with E-state index in [-0.39, 0.29) is 11.9 Å². The summed E-state index contributed by atoms with van der Waals surface area (Å²) in [4.78, 5) is 10.7.